The van der Waals surface area contributed by atoms with Crippen LogP contribution in [0.4, 0.5) is 0 Å². The summed E-state index contributed by atoms with van der Waals surface area (Å²) in [7, 11) is -6.89. The molecule has 6 nitrogen and oxygen atoms in total. The molecule has 1 radical (unpaired) electrons. The van der Waals surface area contributed by atoms with Crippen LogP contribution in [-0.2, 0) is 35.0 Å². The molecule has 0 aliphatic rings. The predicted octanol–water partition coefficient (Wildman–Crippen LogP) is 1.97. The van der Waals surface area contributed by atoms with E-state index in [0.29, 0.717) is 13.2 Å². The van der Waals surface area contributed by atoms with E-state index < -0.39 is 15.2 Å². The Morgan fingerprint density at radius 1 is 0.842 bits per heavy atom. The molecule has 0 aromatic rings. The van der Waals surface area contributed by atoms with Crippen LogP contribution in [0.15, 0.2) is 0 Å². The van der Waals surface area contributed by atoms with E-state index in [1.165, 1.54) is 0 Å². The first kappa shape index (κ1) is 24.8. The van der Waals surface area contributed by atoms with E-state index in [0.717, 1.165) is 39.0 Å². The fourth-order valence-corrected chi connectivity index (χ4v) is 1.67. The van der Waals surface area contributed by atoms with Gasteiger partial charge in [0.2, 0.25) is 0 Å². The van der Waals surface area contributed by atoms with Crippen molar-refractivity contribution < 1.29 is 44.7 Å². The maximum atomic E-state index is 10.3. The van der Waals surface area contributed by atoms with E-state index >= 15 is 0 Å². The molecule has 0 rings (SSSR count). The van der Waals surface area contributed by atoms with Gasteiger partial charge in [0.25, 0.3) is 0 Å². The van der Waals surface area contributed by atoms with Crippen molar-refractivity contribution in [3.63, 3.8) is 0 Å². The minimum absolute atomic E-state index is 0. The van der Waals surface area contributed by atoms with Gasteiger partial charge in [-0.25, -0.2) is 0 Å². The zero-order chi connectivity index (χ0) is 14.7. The van der Waals surface area contributed by atoms with E-state index in [2.05, 4.69) is 9.05 Å². The maximum Gasteiger partial charge on any atom is 2.00 e. The van der Waals surface area contributed by atoms with Crippen molar-refractivity contribution >= 4 is 15.2 Å². The van der Waals surface area contributed by atoms with Gasteiger partial charge in [-0.05, 0) is 12.8 Å². The summed E-state index contributed by atoms with van der Waals surface area (Å²) in [5.74, 6) is 0. The minimum atomic E-state index is -3.45. The molecule has 0 amide bonds. The second-order valence-corrected chi connectivity index (χ2v) is 7.52. The quantitative estimate of drug-likeness (QED) is 0.484. The molecular weight excluding hydrogens is 337 g/mol. The molecule has 0 saturated carbocycles. The summed E-state index contributed by atoms with van der Waals surface area (Å²) in [6.45, 7) is 6.79. The van der Waals surface area contributed by atoms with Crippen LogP contribution >= 0.6 is 15.2 Å². The third-order valence-corrected chi connectivity index (χ3v) is 2.95. The molecule has 0 aliphatic carbocycles. The van der Waals surface area contributed by atoms with E-state index in [1.54, 1.807) is 0 Å². The summed E-state index contributed by atoms with van der Waals surface area (Å²) in [6.07, 6.45) is 3.53. The van der Waals surface area contributed by atoms with E-state index in [-0.39, 0.29) is 16.8 Å². The van der Waals surface area contributed by atoms with Crippen LogP contribution in [0.25, 0.3) is 0 Å². The van der Waals surface area contributed by atoms with Crippen LogP contribution in [0, 0.1) is 0 Å². The van der Waals surface area contributed by atoms with E-state index in [4.69, 9.17) is 0 Å². The fraction of sp³-hybridized carbons (Fsp3) is 1.00. The first-order valence-corrected chi connectivity index (χ1v) is 9.96. The van der Waals surface area contributed by atoms with Crippen LogP contribution in [0.1, 0.15) is 39.5 Å². The van der Waals surface area contributed by atoms with Gasteiger partial charge >= 0.3 is 16.8 Å². The van der Waals surface area contributed by atoms with Gasteiger partial charge in [-0.2, -0.15) is 0 Å². The molecule has 0 aliphatic heterocycles. The average molecular weight is 361 g/mol. The topological polar surface area (TPSA) is 98.7 Å². The van der Waals surface area contributed by atoms with E-state index in [9.17, 15) is 18.9 Å². The zero-order valence-electron chi connectivity index (χ0n) is 11.9. The first-order valence-electron chi connectivity index (χ1n) is 5.98. The van der Waals surface area contributed by atoms with Gasteiger partial charge in [0.05, 0.1) is 13.2 Å². The third kappa shape index (κ3) is 32.4. The number of hydrogen-bond donors (Lipinski definition) is 0. The van der Waals surface area contributed by atoms with Gasteiger partial charge in [-0.3, -0.25) is 0 Å². The molecule has 2 unspecified atom stereocenters. The molecule has 0 spiro atoms. The molecule has 0 saturated heterocycles. The van der Waals surface area contributed by atoms with Gasteiger partial charge in [0.1, 0.15) is 15.2 Å². The molecule has 2 atom stereocenters. The molecule has 0 aromatic heterocycles. The summed E-state index contributed by atoms with van der Waals surface area (Å²) >= 11 is 0. The van der Waals surface area contributed by atoms with Crippen LogP contribution in [-0.4, -0.2) is 26.5 Å². The van der Waals surface area contributed by atoms with Crippen molar-refractivity contribution in [1.82, 2.24) is 0 Å². The van der Waals surface area contributed by atoms with Crippen LogP contribution in [0.3, 0.4) is 0 Å². The Labute approximate surface area is 126 Å². The largest absolute Gasteiger partial charge is 2.00 e. The van der Waals surface area contributed by atoms with Crippen LogP contribution < -0.4 is 9.79 Å². The van der Waals surface area contributed by atoms with Gasteiger partial charge in [0.15, 0.2) is 0 Å². The molecule has 0 bridgehead atoms. The SMILES string of the molecule is CCCCOP(C)(=O)[O-].CCCCOP(C)(=O)[O-].[Co+2]. The predicted molar refractivity (Wildman–Crippen MR) is 68.8 cm³/mol. The van der Waals surface area contributed by atoms with Crippen molar-refractivity contribution in [2.24, 2.45) is 0 Å². The molecule has 119 valence electrons. The Hall–Kier alpha value is 0.806. The Morgan fingerprint density at radius 3 is 1.26 bits per heavy atom. The Bertz CT molecular complexity index is 247. The van der Waals surface area contributed by atoms with Crippen molar-refractivity contribution in [1.29, 1.82) is 0 Å². The van der Waals surface area contributed by atoms with Crippen LogP contribution in [0.5, 0.6) is 0 Å². The fourth-order valence-electron chi connectivity index (χ4n) is 0.749. The average Bonchev–Trinajstić information content (AvgIpc) is 2.16. The number of hydrogen-bond acceptors (Lipinski definition) is 6. The second-order valence-electron chi connectivity index (χ2n) is 3.92. The summed E-state index contributed by atoms with van der Waals surface area (Å²) in [5.41, 5.74) is 0. The molecular formula is C10H24CoO6P2. The Balaban J connectivity index is -0.000000256. The Kier molecular flexibility index (Phi) is 18.0. The molecule has 0 aromatic carbocycles. The van der Waals surface area contributed by atoms with Gasteiger partial charge in [0, 0.05) is 13.3 Å². The Morgan fingerprint density at radius 2 is 1.11 bits per heavy atom. The zero-order valence-corrected chi connectivity index (χ0v) is 14.7. The van der Waals surface area contributed by atoms with Gasteiger partial charge in [-0.15, -0.1) is 0 Å². The van der Waals surface area contributed by atoms with Crippen molar-refractivity contribution in [2.45, 2.75) is 39.5 Å². The van der Waals surface area contributed by atoms with E-state index in [1.807, 2.05) is 13.8 Å². The molecule has 0 fully saturated rings. The van der Waals surface area contributed by atoms with Gasteiger partial charge < -0.3 is 28.0 Å². The van der Waals surface area contributed by atoms with Crippen LogP contribution in [0.2, 0.25) is 0 Å². The summed E-state index contributed by atoms with van der Waals surface area (Å²) in [5, 5.41) is 0. The number of unbranched alkanes of at least 4 members (excludes halogenated alkanes) is 2. The second kappa shape index (κ2) is 13.8. The molecule has 0 heterocycles. The summed E-state index contributed by atoms with van der Waals surface area (Å²) in [6, 6.07) is 0. The smallest absolute Gasteiger partial charge is 0.779 e. The molecule has 19 heavy (non-hydrogen) atoms. The standard InChI is InChI=1S/2C5H13O3P.Co/c2*1-3-4-5-8-9(2,6)7;/h2*3-5H2,1-2H3,(H,6,7);/q;;+2/p-2. The van der Waals surface area contributed by atoms with Crippen molar-refractivity contribution in [2.75, 3.05) is 26.5 Å². The summed E-state index contributed by atoms with van der Waals surface area (Å²) in [4.78, 5) is 20.6. The number of rotatable bonds is 8. The third-order valence-electron chi connectivity index (χ3n) is 1.65. The summed E-state index contributed by atoms with van der Waals surface area (Å²) < 4.78 is 29.6. The maximum absolute atomic E-state index is 10.3. The first-order chi connectivity index (χ1) is 8.12. The molecule has 0 N–H and O–H groups in total. The monoisotopic (exact) mass is 361 g/mol. The molecule has 9 heteroatoms. The van der Waals surface area contributed by atoms with Crippen molar-refractivity contribution in [3.8, 4) is 0 Å². The van der Waals surface area contributed by atoms with Crippen molar-refractivity contribution in [3.05, 3.63) is 0 Å². The van der Waals surface area contributed by atoms with Gasteiger partial charge in [-0.1, -0.05) is 26.7 Å². The minimum Gasteiger partial charge on any atom is -0.779 e. The normalized spacial score (nSPS) is 16.3.